The van der Waals surface area contributed by atoms with E-state index in [1.165, 1.54) is 19.4 Å². The Morgan fingerprint density at radius 1 is 1.28 bits per heavy atom. The van der Waals surface area contributed by atoms with Crippen LogP contribution in [-0.4, -0.2) is 67.9 Å². The van der Waals surface area contributed by atoms with Crippen LogP contribution in [0.25, 0.3) is 5.69 Å². The number of nitrogens with zero attached hydrogens (tertiary/aromatic N) is 3. The predicted octanol–water partition coefficient (Wildman–Crippen LogP) is -0.111. The first-order chi connectivity index (χ1) is 13.9. The molecule has 2 heterocycles. The smallest absolute Gasteiger partial charge is 0.271 e. The van der Waals surface area contributed by atoms with E-state index in [1.807, 2.05) is 0 Å². The van der Waals surface area contributed by atoms with Crippen LogP contribution in [-0.2, 0) is 26.1 Å². The van der Waals surface area contributed by atoms with E-state index in [2.05, 4.69) is 15.6 Å². The molecule has 1 aliphatic rings. The van der Waals surface area contributed by atoms with Crippen LogP contribution in [0.5, 0.6) is 0 Å². The molecule has 2 N–H and O–H groups in total. The molecule has 3 rings (SSSR count). The molecule has 0 radical (unpaired) electrons. The lowest BCUT2D eigenvalue weighted by atomic mass is 10.2. The van der Waals surface area contributed by atoms with Gasteiger partial charge in [-0.3, -0.25) is 14.2 Å². The normalized spacial score (nSPS) is 15.1. The molecule has 10 nitrogen and oxygen atoms in total. The van der Waals surface area contributed by atoms with Gasteiger partial charge in [0.2, 0.25) is 15.9 Å². The van der Waals surface area contributed by atoms with Crippen LogP contribution in [0.4, 0.5) is 0 Å². The van der Waals surface area contributed by atoms with Gasteiger partial charge in [0, 0.05) is 27.3 Å². The molecule has 0 fully saturated rings. The van der Waals surface area contributed by atoms with E-state index in [1.54, 1.807) is 29.9 Å². The minimum Gasteiger partial charge on any atom is -0.385 e. The zero-order valence-electron chi connectivity index (χ0n) is 16.2. The van der Waals surface area contributed by atoms with Crippen molar-refractivity contribution in [1.82, 2.24) is 24.5 Å². The van der Waals surface area contributed by atoms with Crippen LogP contribution in [0, 0.1) is 0 Å². The summed E-state index contributed by atoms with van der Waals surface area (Å²) in [6.07, 6.45) is 2.06. The number of imidazole rings is 1. The number of methoxy groups -OCH3 is 1. The average Bonchev–Trinajstić information content (AvgIpc) is 3.10. The maximum absolute atomic E-state index is 13.2. The van der Waals surface area contributed by atoms with Gasteiger partial charge in [0.15, 0.2) is 5.69 Å². The van der Waals surface area contributed by atoms with E-state index in [4.69, 9.17) is 4.74 Å². The summed E-state index contributed by atoms with van der Waals surface area (Å²) in [5, 5.41) is 5.19. The zero-order valence-corrected chi connectivity index (χ0v) is 17.0. The van der Waals surface area contributed by atoms with Crippen molar-refractivity contribution in [2.45, 2.75) is 17.9 Å². The Labute approximate surface area is 168 Å². The molecule has 0 unspecified atom stereocenters. The number of aromatic nitrogens is 2. The molecular formula is C18H23N5O5S. The van der Waals surface area contributed by atoms with Crippen molar-refractivity contribution in [3.63, 3.8) is 0 Å². The maximum atomic E-state index is 13.2. The van der Waals surface area contributed by atoms with Crippen LogP contribution >= 0.6 is 0 Å². The first-order valence-electron chi connectivity index (χ1n) is 9.03. The fraction of sp³-hybridized carbons (Fsp3) is 0.389. The highest BCUT2D eigenvalue weighted by atomic mass is 32.2. The summed E-state index contributed by atoms with van der Waals surface area (Å²) in [5.41, 5.74) is 0.899. The molecule has 0 saturated carbocycles. The Balaban J connectivity index is 2.03. The Morgan fingerprint density at radius 3 is 2.76 bits per heavy atom. The summed E-state index contributed by atoms with van der Waals surface area (Å²) in [6.45, 7) is 0.376. The van der Waals surface area contributed by atoms with E-state index in [0.29, 0.717) is 31.0 Å². The number of para-hydroxylation sites is 1. The minimum atomic E-state index is -3.95. The van der Waals surface area contributed by atoms with Crippen molar-refractivity contribution in [3.8, 4) is 5.69 Å². The molecule has 29 heavy (non-hydrogen) atoms. The standard InChI is InChI=1S/C18H23N5O5S/c1-19-16(24)11-22-10-14-17(18(25)20-8-5-9-28-2)21-12-23(14)13-6-3-4-7-15(13)29(22,26)27/h3-4,6-7,12H,5,8-11H2,1-2H3,(H,19,24)(H,20,25). The molecule has 1 aromatic carbocycles. The van der Waals surface area contributed by atoms with Crippen molar-refractivity contribution in [2.24, 2.45) is 0 Å². The molecule has 2 amide bonds. The molecular weight excluding hydrogens is 398 g/mol. The van der Waals surface area contributed by atoms with Gasteiger partial charge in [0.05, 0.1) is 24.5 Å². The number of nitrogens with one attached hydrogen (secondary N) is 2. The van der Waals surface area contributed by atoms with E-state index in [0.717, 1.165) is 4.31 Å². The van der Waals surface area contributed by atoms with E-state index in [-0.39, 0.29) is 23.7 Å². The topological polar surface area (TPSA) is 123 Å². The number of likely N-dealkylation sites (N-methyl/N-ethyl adjacent to an activating group) is 1. The van der Waals surface area contributed by atoms with Gasteiger partial charge in [-0.1, -0.05) is 12.1 Å². The summed E-state index contributed by atoms with van der Waals surface area (Å²) < 4.78 is 33.9. The number of rotatable bonds is 7. The molecule has 0 spiro atoms. The van der Waals surface area contributed by atoms with Gasteiger partial charge in [-0.25, -0.2) is 13.4 Å². The third-order valence-corrected chi connectivity index (χ3v) is 6.40. The van der Waals surface area contributed by atoms with Gasteiger partial charge in [0.25, 0.3) is 5.91 Å². The Kier molecular flexibility index (Phi) is 6.30. The highest BCUT2D eigenvalue weighted by Crippen LogP contribution is 2.31. The zero-order chi connectivity index (χ0) is 21.0. The molecule has 0 saturated heterocycles. The van der Waals surface area contributed by atoms with Gasteiger partial charge in [0.1, 0.15) is 11.2 Å². The van der Waals surface area contributed by atoms with Crippen LogP contribution in [0.15, 0.2) is 35.5 Å². The van der Waals surface area contributed by atoms with Crippen LogP contribution in [0.1, 0.15) is 22.6 Å². The number of amides is 2. The van der Waals surface area contributed by atoms with Gasteiger partial charge >= 0.3 is 0 Å². The lowest BCUT2D eigenvalue weighted by molar-refractivity contribution is -0.120. The van der Waals surface area contributed by atoms with Crippen LogP contribution < -0.4 is 10.6 Å². The lowest BCUT2D eigenvalue weighted by Gasteiger charge is -2.19. The number of ether oxygens (including phenoxy) is 1. The number of benzene rings is 1. The molecule has 2 aromatic rings. The van der Waals surface area contributed by atoms with Crippen molar-refractivity contribution in [2.75, 3.05) is 33.9 Å². The monoisotopic (exact) mass is 421 g/mol. The summed E-state index contributed by atoms with van der Waals surface area (Å²) in [4.78, 5) is 28.8. The molecule has 1 aliphatic heterocycles. The van der Waals surface area contributed by atoms with Crippen molar-refractivity contribution in [3.05, 3.63) is 42.0 Å². The largest absolute Gasteiger partial charge is 0.385 e. The predicted molar refractivity (Wildman–Crippen MR) is 104 cm³/mol. The minimum absolute atomic E-state index is 0.0482. The number of carbonyl (C=O) groups excluding carboxylic acids is 2. The highest BCUT2D eigenvalue weighted by molar-refractivity contribution is 7.89. The summed E-state index contributed by atoms with van der Waals surface area (Å²) in [5.74, 6) is -0.865. The molecule has 156 valence electrons. The summed E-state index contributed by atoms with van der Waals surface area (Å²) in [6, 6.07) is 6.43. The van der Waals surface area contributed by atoms with Crippen LogP contribution in [0.2, 0.25) is 0 Å². The third-order valence-electron chi connectivity index (χ3n) is 4.56. The highest BCUT2D eigenvalue weighted by Gasteiger charge is 2.35. The lowest BCUT2D eigenvalue weighted by Crippen LogP contribution is -2.39. The van der Waals surface area contributed by atoms with Crippen LogP contribution in [0.3, 0.4) is 0 Å². The van der Waals surface area contributed by atoms with Crippen molar-refractivity contribution >= 4 is 21.8 Å². The first-order valence-corrected chi connectivity index (χ1v) is 10.5. The van der Waals surface area contributed by atoms with Gasteiger partial charge in [-0.15, -0.1) is 0 Å². The fourth-order valence-electron chi connectivity index (χ4n) is 3.07. The Hall–Kier alpha value is -2.76. The fourth-order valence-corrected chi connectivity index (χ4v) is 4.61. The number of hydrogen-bond acceptors (Lipinski definition) is 6. The van der Waals surface area contributed by atoms with Crippen molar-refractivity contribution in [1.29, 1.82) is 0 Å². The first kappa shape index (κ1) is 21.0. The quantitative estimate of drug-likeness (QED) is 0.602. The maximum Gasteiger partial charge on any atom is 0.271 e. The van der Waals surface area contributed by atoms with Gasteiger partial charge < -0.3 is 15.4 Å². The SMILES string of the molecule is CNC(=O)CN1Cc2c(C(=O)NCCCOC)ncn2-c2ccccc2S1(=O)=O. The van der Waals surface area contributed by atoms with E-state index >= 15 is 0 Å². The number of carbonyl (C=O) groups is 2. The second-order valence-electron chi connectivity index (χ2n) is 6.43. The molecule has 0 bridgehead atoms. The molecule has 1 aromatic heterocycles. The van der Waals surface area contributed by atoms with E-state index in [9.17, 15) is 18.0 Å². The van der Waals surface area contributed by atoms with Crippen molar-refractivity contribution < 1.29 is 22.7 Å². The van der Waals surface area contributed by atoms with Gasteiger partial charge in [-0.05, 0) is 18.6 Å². The second-order valence-corrected chi connectivity index (χ2v) is 8.33. The number of fused-ring (bicyclic) bond motifs is 3. The summed E-state index contributed by atoms with van der Waals surface area (Å²) >= 11 is 0. The number of sulfonamides is 1. The van der Waals surface area contributed by atoms with E-state index < -0.39 is 21.8 Å². The Morgan fingerprint density at radius 2 is 2.03 bits per heavy atom. The second kappa shape index (κ2) is 8.72. The Bertz CT molecular complexity index is 1020. The average molecular weight is 421 g/mol. The molecule has 0 aliphatic carbocycles. The third kappa shape index (κ3) is 4.16. The molecule has 11 heteroatoms. The summed E-state index contributed by atoms with van der Waals surface area (Å²) in [7, 11) is -0.939. The molecule has 0 atom stereocenters. The number of hydrogen-bond donors (Lipinski definition) is 2. The van der Waals surface area contributed by atoms with Gasteiger partial charge in [-0.2, -0.15) is 4.31 Å².